The van der Waals surface area contributed by atoms with E-state index in [9.17, 15) is 4.79 Å². The van der Waals surface area contributed by atoms with E-state index in [2.05, 4.69) is 13.5 Å². The van der Waals surface area contributed by atoms with E-state index in [1.807, 2.05) is 6.92 Å². The lowest BCUT2D eigenvalue weighted by Crippen LogP contribution is -2.10. The Kier molecular flexibility index (Phi) is 3.07. The molecule has 0 aliphatic heterocycles. The summed E-state index contributed by atoms with van der Waals surface area (Å²) in [5, 5.41) is 0. The molecule has 0 aromatic rings. The van der Waals surface area contributed by atoms with Crippen LogP contribution in [0, 0.1) is 11.8 Å². The maximum atomic E-state index is 11.5. The summed E-state index contributed by atoms with van der Waals surface area (Å²) >= 11 is 0. The largest absolute Gasteiger partial charge is 0.299 e. The van der Waals surface area contributed by atoms with Crippen molar-refractivity contribution in [3.05, 3.63) is 12.2 Å². The number of carbonyl (C=O) groups excluding carboxylic acids is 1. The molecule has 0 bridgehead atoms. The molecule has 1 rings (SSSR count). The van der Waals surface area contributed by atoms with Crippen LogP contribution in [0.3, 0.4) is 0 Å². The predicted molar refractivity (Wildman–Crippen MR) is 50.9 cm³/mol. The molecule has 0 spiro atoms. The van der Waals surface area contributed by atoms with Crippen LogP contribution in [0.1, 0.15) is 39.5 Å². The smallest absolute Gasteiger partial charge is 0.139 e. The van der Waals surface area contributed by atoms with Gasteiger partial charge in [-0.25, -0.2) is 0 Å². The Labute approximate surface area is 74.9 Å². The zero-order valence-electron chi connectivity index (χ0n) is 8.10. The molecule has 2 unspecified atom stereocenters. The summed E-state index contributed by atoms with van der Waals surface area (Å²) in [5.74, 6) is 1.51. The van der Waals surface area contributed by atoms with Crippen LogP contribution < -0.4 is 0 Å². The van der Waals surface area contributed by atoms with Gasteiger partial charge in [-0.1, -0.05) is 19.1 Å². The van der Waals surface area contributed by atoms with Crippen molar-refractivity contribution >= 4 is 5.78 Å². The van der Waals surface area contributed by atoms with Gasteiger partial charge in [-0.3, -0.25) is 4.79 Å². The molecular formula is C11H18O. The number of allylic oxidation sites excluding steroid dienone is 1. The van der Waals surface area contributed by atoms with Gasteiger partial charge in [0.1, 0.15) is 5.78 Å². The van der Waals surface area contributed by atoms with Gasteiger partial charge in [0, 0.05) is 12.3 Å². The van der Waals surface area contributed by atoms with Crippen LogP contribution in [0.5, 0.6) is 0 Å². The quantitative estimate of drug-likeness (QED) is 0.589. The molecule has 1 fully saturated rings. The number of Topliss-reactive ketones (excluding diaryl/α,β-unsaturated/α-hetero) is 1. The fourth-order valence-electron chi connectivity index (χ4n) is 1.94. The minimum atomic E-state index is 0.344. The highest BCUT2D eigenvalue weighted by Gasteiger charge is 2.26. The molecule has 0 heterocycles. The molecule has 0 N–H and O–H groups in total. The first-order valence-corrected chi connectivity index (χ1v) is 4.76. The molecule has 1 nitrogen and oxygen atoms in total. The van der Waals surface area contributed by atoms with Gasteiger partial charge in [0.2, 0.25) is 0 Å². The first-order chi connectivity index (χ1) is 5.59. The summed E-state index contributed by atoms with van der Waals surface area (Å²) in [6, 6.07) is 0. The van der Waals surface area contributed by atoms with Crippen molar-refractivity contribution in [1.82, 2.24) is 0 Å². The Morgan fingerprint density at radius 2 is 2.17 bits per heavy atom. The molecule has 0 amide bonds. The average Bonchev–Trinajstić information content (AvgIpc) is 2.34. The van der Waals surface area contributed by atoms with Crippen molar-refractivity contribution in [2.75, 3.05) is 0 Å². The van der Waals surface area contributed by atoms with Crippen LogP contribution in [0.25, 0.3) is 0 Å². The van der Waals surface area contributed by atoms with Gasteiger partial charge < -0.3 is 0 Å². The molecule has 2 atom stereocenters. The van der Waals surface area contributed by atoms with E-state index in [0.717, 1.165) is 24.3 Å². The molecule has 0 saturated heterocycles. The highest BCUT2D eigenvalue weighted by atomic mass is 16.1. The number of ketones is 1. The fourth-order valence-corrected chi connectivity index (χ4v) is 1.94. The monoisotopic (exact) mass is 166 g/mol. The van der Waals surface area contributed by atoms with Gasteiger partial charge in [-0.2, -0.15) is 0 Å². The second-order valence-corrected chi connectivity index (χ2v) is 4.22. The SMILES string of the molecule is C=C(C)CC(=O)C1CCC(C)C1. The lowest BCUT2D eigenvalue weighted by molar-refractivity contribution is -0.122. The number of hydrogen-bond donors (Lipinski definition) is 0. The first kappa shape index (κ1) is 9.50. The Balaban J connectivity index is 2.38. The number of hydrogen-bond acceptors (Lipinski definition) is 1. The van der Waals surface area contributed by atoms with E-state index in [1.54, 1.807) is 0 Å². The Bertz CT molecular complexity index is 193. The molecule has 1 aliphatic rings. The summed E-state index contributed by atoms with van der Waals surface area (Å²) in [6.07, 6.45) is 4.03. The van der Waals surface area contributed by atoms with E-state index < -0.39 is 0 Å². The molecule has 68 valence electrons. The van der Waals surface area contributed by atoms with Gasteiger partial charge >= 0.3 is 0 Å². The van der Waals surface area contributed by atoms with E-state index in [1.165, 1.54) is 6.42 Å². The van der Waals surface area contributed by atoms with E-state index in [4.69, 9.17) is 0 Å². The first-order valence-electron chi connectivity index (χ1n) is 4.76. The van der Waals surface area contributed by atoms with Crippen LogP contribution in [0.15, 0.2) is 12.2 Å². The number of carbonyl (C=O) groups is 1. The van der Waals surface area contributed by atoms with Gasteiger partial charge in [0.05, 0.1) is 0 Å². The summed E-state index contributed by atoms with van der Waals surface area (Å²) in [6.45, 7) is 7.92. The van der Waals surface area contributed by atoms with E-state index >= 15 is 0 Å². The zero-order chi connectivity index (χ0) is 9.14. The fraction of sp³-hybridized carbons (Fsp3) is 0.727. The minimum absolute atomic E-state index is 0.344. The molecule has 0 aromatic heterocycles. The van der Waals surface area contributed by atoms with Gasteiger partial charge in [0.25, 0.3) is 0 Å². The predicted octanol–water partition coefficient (Wildman–Crippen LogP) is 2.96. The summed E-state index contributed by atoms with van der Waals surface area (Å²) in [7, 11) is 0. The minimum Gasteiger partial charge on any atom is -0.299 e. The topological polar surface area (TPSA) is 17.1 Å². The molecular weight excluding hydrogens is 148 g/mol. The molecule has 1 saturated carbocycles. The van der Waals surface area contributed by atoms with Crippen LogP contribution in [-0.2, 0) is 4.79 Å². The maximum absolute atomic E-state index is 11.5. The molecule has 12 heavy (non-hydrogen) atoms. The lowest BCUT2D eigenvalue weighted by atomic mass is 9.97. The molecule has 0 aromatic carbocycles. The van der Waals surface area contributed by atoms with Crippen molar-refractivity contribution in [3.8, 4) is 0 Å². The van der Waals surface area contributed by atoms with Crippen LogP contribution in [0.4, 0.5) is 0 Å². The number of rotatable bonds is 3. The normalized spacial score (nSPS) is 28.8. The maximum Gasteiger partial charge on any atom is 0.139 e. The second kappa shape index (κ2) is 3.88. The van der Waals surface area contributed by atoms with E-state index in [-0.39, 0.29) is 0 Å². The van der Waals surface area contributed by atoms with Crippen molar-refractivity contribution in [1.29, 1.82) is 0 Å². The Hall–Kier alpha value is -0.590. The van der Waals surface area contributed by atoms with Crippen molar-refractivity contribution in [2.24, 2.45) is 11.8 Å². The Morgan fingerprint density at radius 3 is 2.58 bits per heavy atom. The summed E-state index contributed by atoms with van der Waals surface area (Å²) in [4.78, 5) is 11.5. The Morgan fingerprint density at radius 1 is 1.50 bits per heavy atom. The second-order valence-electron chi connectivity index (χ2n) is 4.22. The lowest BCUT2D eigenvalue weighted by Gasteiger charge is -2.07. The van der Waals surface area contributed by atoms with Crippen LogP contribution in [0.2, 0.25) is 0 Å². The molecule has 0 radical (unpaired) electrons. The third kappa shape index (κ3) is 2.47. The highest BCUT2D eigenvalue weighted by molar-refractivity contribution is 5.83. The third-order valence-corrected chi connectivity index (χ3v) is 2.63. The van der Waals surface area contributed by atoms with Crippen LogP contribution >= 0.6 is 0 Å². The van der Waals surface area contributed by atoms with Crippen molar-refractivity contribution < 1.29 is 4.79 Å². The van der Waals surface area contributed by atoms with Gasteiger partial charge in [0.15, 0.2) is 0 Å². The zero-order valence-corrected chi connectivity index (χ0v) is 8.10. The van der Waals surface area contributed by atoms with E-state index in [0.29, 0.717) is 18.1 Å². The molecule has 1 heteroatoms. The standard InChI is InChI=1S/C11H18O/c1-8(2)6-11(12)10-5-4-9(3)7-10/h9-10H,1,4-7H2,2-3H3. The van der Waals surface area contributed by atoms with Crippen molar-refractivity contribution in [2.45, 2.75) is 39.5 Å². The average molecular weight is 166 g/mol. The van der Waals surface area contributed by atoms with Gasteiger partial charge in [-0.15, -0.1) is 0 Å². The third-order valence-electron chi connectivity index (χ3n) is 2.63. The van der Waals surface area contributed by atoms with Crippen molar-refractivity contribution in [3.63, 3.8) is 0 Å². The van der Waals surface area contributed by atoms with Gasteiger partial charge in [-0.05, 0) is 32.1 Å². The molecule has 1 aliphatic carbocycles. The summed E-state index contributed by atoms with van der Waals surface area (Å²) < 4.78 is 0. The summed E-state index contributed by atoms with van der Waals surface area (Å²) in [5.41, 5.74) is 1.000. The van der Waals surface area contributed by atoms with Crippen LogP contribution in [-0.4, -0.2) is 5.78 Å². The highest BCUT2D eigenvalue weighted by Crippen LogP contribution is 2.31.